The summed E-state index contributed by atoms with van der Waals surface area (Å²) >= 11 is 0. The van der Waals surface area contributed by atoms with Gasteiger partial charge in [0.25, 0.3) is 0 Å². The second kappa shape index (κ2) is 2.68. The zero-order valence-corrected chi connectivity index (χ0v) is 7.31. The average Bonchev–Trinajstić information content (AvgIpc) is 1.50. The fraction of sp³-hybridized carbons (Fsp3) is 0.667. The normalized spacial score (nSPS) is 16.8. The first-order valence-electron chi connectivity index (χ1n) is 3.91. The van der Waals surface area contributed by atoms with E-state index in [0.717, 1.165) is 18.4 Å². The SMILES string of the molecule is CC(C)(C)OC(=O)C1=CCC1. The van der Waals surface area contributed by atoms with E-state index in [1.165, 1.54) is 0 Å². The highest BCUT2D eigenvalue weighted by Crippen LogP contribution is 2.21. The summed E-state index contributed by atoms with van der Waals surface area (Å²) in [4.78, 5) is 11.2. The second-order valence-corrected chi connectivity index (χ2v) is 3.77. The maximum Gasteiger partial charge on any atom is 0.334 e. The van der Waals surface area contributed by atoms with Crippen LogP contribution in [0.5, 0.6) is 0 Å². The highest BCUT2D eigenvalue weighted by Gasteiger charge is 2.21. The molecule has 0 radical (unpaired) electrons. The fourth-order valence-corrected chi connectivity index (χ4v) is 0.818. The van der Waals surface area contributed by atoms with Crippen LogP contribution in [-0.2, 0) is 9.53 Å². The van der Waals surface area contributed by atoms with Crippen LogP contribution in [0.1, 0.15) is 33.6 Å². The number of carbonyl (C=O) groups is 1. The van der Waals surface area contributed by atoms with E-state index < -0.39 is 0 Å². The van der Waals surface area contributed by atoms with Gasteiger partial charge in [0.2, 0.25) is 0 Å². The highest BCUT2D eigenvalue weighted by molar-refractivity contribution is 5.90. The van der Waals surface area contributed by atoms with Gasteiger partial charge in [0.05, 0.1) is 0 Å². The Hall–Kier alpha value is -0.790. The monoisotopic (exact) mass is 154 g/mol. The Morgan fingerprint density at radius 1 is 1.55 bits per heavy atom. The van der Waals surface area contributed by atoms with Gasteiger partial charge in [-0.15, -0.1) is 0 Å². The molecule has 0 bridgehead atoms. The molecule has 2 heteroatoms. The molecule has 0 aromatic heterocycles. The molecule has 1 aliphatic rings. The number of hydrogen-bond donors (Lipinski definition) is 0. The van der Waals surface area contributed by atoms with Crippen LogP contribution in [0.3, 0.4) is 0 Å². The quantitative estimate of drug-likeness (QED) is 0.540. The van der Waals surface area contributed by atoms with Gasteiger partial charge in [-0.05, 0) is 33.6 Å². The van der Waals surface area contributed by atoms with Gasteiger partial charge in [-0.2, -0.15) is 0 Å². The summed E-state index contributed by atoms with van der Waals surface area (Å²) in [5.74, 6) is -0.149. The summed E-state index contributed by atoms with van der Waals surface area (Å²) in [7, 11) is 0. The van der Waals surface area contributed by atoms with Crippen LogP contribution in [-0.4, -0.2) is 11.6 Å². The van der Waals surface area contributed by atoms with E-state index in [0.29, 0.717) is 0 Å². The summed E-state index contributed by atoms with van der Waals surface area (Å²) in [5.41, 5.74) is 0.480. The zero-order chi connectivity index (χ0) is 8.48. The van der Waals surface area contributed by atoms with Gasteiger partial charge >= 0.3 is 5.97 Å². The van der Waals surface area contributed by atoms with Crippen LogP contribution in [0.15, 0.2) is 11.6 Å². The topological polar surface area (TPSA) is 26.3 Å². The number of carbonyl (C=O) groups excluding carboxylic acids is 1. The minimum absolute atomic E-state index is 0.149. The third-order valence-electron chi connectivity index (χ3n) is 1.47. The van der Waals surface area contributed by atoms with E-state index in [4.69, 9.17) is 4.74 Å². The zero-order valence-electron chi connectivity index (χ0n) is 7.31. The minimum atomic E-state index is -0.354. The third kappa shape index (κ3) is 2.37. The average molecular weight is 154 g/mol. The number of esters is 1. The van der Waals surface area contributed by atoms with E-state index in [1.807, 2.05) is 26.8 Å². The van der Waals surface area contributed by atoms with Crippen molar-refractivity contribution in [2.24, 2.45) is 0 Å². The molecule has 0 heterocycles. The summed E-state index contributed by atoms with van der Waals surface area (Å²) in [6, 6.07) is 0. The first-order chi connectivity index (χ1) is 4.99. The van der Waals surface area contributed by atoms with E-state index in [1.54, 1.807) is 0 Å². The van der Waals surface area contributed by atoms with Crippen molar-refractivity contribution in [1.82, 2.24) is 0 Å². The van der Waals surface area contributed by atoms with Crippen LogP contribution in [0.2, 0.25) is 0 Å². The minimum Gasteiger partial charge on any atom is -0.457 e. The van der Waals surface area contributed by atoms with Crippen molar-refractivity contribution in [3.8, 4) is 0 Å². The van der Waals surface area contributed by atoms with Gasteiger partial charge in [-0.1, -0.05) is 6.08 Å². The predicted molar refractivity (Wildman–Crippen MR) is 43.2 cm³/mol. The molecule has 0 saturated carbocycles. The van der Waals surface area contributed by atoms with E-state index in [-0.39, 0.29) is 11.6 Å². The van der Waals surface area contributed by atoms with Gasteiger partial charge in [0, 0.05) is 5.57 Å². The molecular formula is C9H14O2. The van der Waals surface area contributed by atoms with Crippen molar-refractivity contribution in [3.63, 3.8) is 0 Å². The Morgan fingerprint density at radius 2 is 2.09 bits per heavy atom. The molecule has 0 aromatic rings. The summed E-state index contributed by atoms with van der Waals surface area (Å²) in [6.45, 7) is 5.64. The number of ether oxygens (including phenoxy) is 1. The molecule has 0 N–H and O–H groups in total. The Balaban J connectivity index is 2.44. The lowest BCUT2D eigenvalue weighted by atomic mass is 9.99. The Morgan fingerprint density at radius 3 is 2.36 bits per heavy atom. The van der Waals surface area contributed by atoms with Crippen LogP contribution in [0.4, 0.5) is 0 Å². The van der Waals surface area contributed by atoms with Crippen molar-refractivity contribution in [2.75, 3.05) is 0 Å². The van der Waals surface area contributed by atoms with Crippen molar-refractivity contribution in [2.45, 2.75) is 39.2 Å². The molecule has 62 valence electrons. The molecule has 2 nitrogen and oxygen atoms in total. The third-order valence-corrected chi connectivity index (χ3v) is 1.47. The van der Waals surface area contributed by atoms with Crippen LogP contribution < -0.4 is 0 Å². The Bertz CT molecular complexity index is 196. The summed E-state index contributed by atoms with van der Waals surface area (Å²) in [6.07, 6.45) is 3.83. The smallest absolute Gasteiger partial charge is 0.334 e. The molecule has 0 amide bonds. The van der Waals surface area contributed by atoms with Gasteiger partial charge in [0.15, 0.2) is 0 Å². The van der Waals surface area contributed by atoms with Crippen molar-refractivity contribution >= 4 is 5.97 Å². The molecule has 0 unspecified atom stereocenters. The first-order valence-corrected chi connectivity index (χ1v) is 3.91. The lowest BCUT2D eigenvalue weighted by molar-refractivity contribution is -0.150. The van der Waals surface area contributed by atoms with E-state index >= 15 is 0 Å². The highest BCUT2D eigenvalue weighted by atomic mass is 16.6. The van der Waals surface area contributed by atoms with Gasteiger partial charge in [0.1, 0.15) is 5.60 Å². The molecule has 0 spiro atoms. The molecule has 0 aromatic carbocycles. The number of hydrogen-bond acceptors (Lipinski definition) is 2. The molecule has 0 saturated heterocycles. The maximum absolute atomic E-state index is 11.2. The van der Waals surface area contributed by atoms with Crippen molar-refractivity contribution < 1.29 is 9.53 Å². The number of allylic oxidation sites excluding steroid dienone is 1. The van der Waals surface area contributed by atoms with E-state index in [2.05, 4.69) is 0 Å². The number of rotatable bonds is 1. The lowest BCUT2D eigenvalue weighted by Gasteiger charge is -2.22. The van der Waals surface area contributed by atoms with Gasteiger partial charge in [-0.25, -0.2) is 4.79 Å². The van der Waals surface area contributed by atoms with Gasteiger partial charge in [-0.3, -0.25) is 0 Å². The molecule has 0 aliphatic heterocycles. The van der Waals surface area contributed by atoms with Crippen molar-refractivity contribution in [1.29, 1.82) is 0 Å². The summed E-state index contributed by atoms with van der Waals surface area (Å²) < 4.78 is 5.13. The summed E-state index contributed by atoms with van der Waals surface area (Å²) in [5, 5.41) is 0. The first kappa shape index (κ1) is 8.31. The van der Waals surface area contributed by atoms with Crippen LogP contribution in [0, 0.1) is 0 Å². The van der Waals surface area contributed by atoms with Crippen LogP contribution in [0.25, 0.3) is 0 Å². The Kier molecular flexibility index (Phi) is 2.03. The molecule has 1 aliphatic carbocycles. The predicted octanol–water partition coefficient (Wildman–Crippen LogP) is 2.05. The second-order valence-electron chi connectivity index (χ2n) is 3.77. The van der Waals surface area contributed by atoms with E-state index in [9.17, 15) is 4.79 Å². The molecule has 0 fully saturated rings. The standard InChI is InChI=1S/C9H14O2/c1-9(2,3)11-8(10)7-5-4-6-7/h5H,4,6H2,1-3H3. The lowest BCUT2D eigenvalue weighted by Crippen LogP contribution is -2.26. The fourth-order valence-electron chi connectivity index (χ4n) is 0.818. The molecule has 11 heavy (non-hydrogen) atoms. The largest absolute Gasteiger partial charge is 0.457 e. The van der Waals surface area contributed by atoms with Crippen molar-refractivity contribution in [3.05, 3.63) is 11.6 Å². The van der Waals surface area contributed by atoms with Crippen LogP contribution >= 0.6 is 0 Å². The molecular weight excluding hydrogens is 140 g/mol. The maximum atomic E-state index is 11.2. The van der Waals surface area contributed by atoms with Gasteiger partial charge < -0.3 is 4.74 Å². The molecule has 1 rings (SSSR count). The molecule has 0 atom stereocenters. The Labute approximate surface area is 67.2 Å².